The molecule has 1 amide bonds. The number of nitrogens with zero attached hydrogens (tertiary/aromatic N) is 1. The summed E-state index contributed by atoms with van der Waals surface area (Å²) in [5.41, 5.74) is 3.06. The van der Waals surface area contributed by atoms with Gasteiger partial charge in [0.05, 0.1) is 13.2 Å². The summed E-state index contributed by atoms with van der Waals surface area (Å²) in [6.07, 6.45) is 2.12. The van der Waals surface area contributed by atoms with E-state index >= 15 is 0 Å². The first-order valence-corrected chi connectivity index (χ1v) is 7.27. The zero-order valence-electron chi connectivity index (χ0n) is 12.8. The highest BCUT2D eigenvalue weighted by molar-refractivity contribution is 5.93. The van der Waals surface area contributed by atoms with E-state index in [0.717, 1.165) is 36.2 Å². The number of hydrogen-bond donors (Lipinski definition) is 2. The molecule has 0 aliphatic rings. The van der Waals surface area contributed by atoms with Crippen LogP contribution in [0.4, 0.5) is 5.69 Å². The summed E-state index contributed by atoms with van der Waals surface area (Å²) >= 11 is 0. The zero-order chi connectivity index (χ0) is 15.0. The molecule has 0 fully saturated rings. The van der Waals surface area contributed by atoms with Gasteiger partial charge in [0.1, 0.15) is 0 Å². The molecule has 0 aromatic heterocycles. The van der Waals surface area contributed by atoms with Gasteiger partial charge in [0.25, 0.3) is 0 Å². The molecule has 0 bridgehead atoms. The second-order valence-corrected chi connectivity index (χ2v) is 5.22. The molecular weight excluding hydrogens is 252 g/mol. The Morgan fingerprint density at radius 2 is 2.05 bits per heavy atom. The second kappa shape index (κ2) is 8.72. The molecule has 2 N–H and O–H groups in total. The molecule has 1 rings (SSSR count). The van der Waals surface area contributed by atoms with E-state index in [1.165, 1.54) is 0 Å². The molecule has 1 aromatic rings. The highest BCUT2D eigenvalue weighted by Crippen LogP contribution is 2.16. The Morgan fingerprint density at radius 1 is 1.30 bits per heavy atom. The van der Waals surface area contributed by atoms with Crippen LogP contribution in [0, 0.1) is 13.8 Å². The standard InChI is InChI=1S/C16H26N2O2/c1-4-5-8-18(9-10-19)12-16(20)17-15-11-13(2)6-7-14(15)3/h6-7,11,19H,4-5,8-10,12H2,1-3H3,(H,17,20). The Morgan fingerprint density at radius 3 is 2.70 bits per heavy atom. The molecule has 0 saturated carbocycles. The van der Waals surface area contributed by atoms with Crippen molar-refractivity contribution >= 4 is 11.6 Å². The average molecular weight is 278 g/mol. The minimum absolute atomic E-state index is 0.0248. The number of hydrogen-bond acceptors (Lipinski definition) is 3. The maximum Gasteiger partial charge on any atom is 0.238 e. The number of anilines is 1. The van der Waals surface area contributed by atoms with Crippen LogP contribution in [0.5, 0.6) is 0 Å². The van der Waals surface area contributed by atoms with E-state index in [2.05, 4.69) is 12.2 Å². The van der Waals surface area contributed by atoms with Crippen molar-refractivity contribution in [2.24, 2.45) is 0 Å². The Kier molecular flexibility index (Phi) is 7.26. The van der Waals surface area contributed by atoms with E-state index in [0.29, 0.717) is 13.1 Å². The highest BCUT2D eigenvalue weighted by Gasteiger charge is 2.11. The fourth-order valence-corrected chi connectivity index (χ4v) is 2.06. The number of nitrogens with one attached hydrogen (secondary N) is 1. The van der Waals surface area contributed by atoms with Crippen LogP contribution in [0.2, 0.25) is 0 Å². The predicted molar refractivity (Wildman–Crippen MR) is 83.0 cm³/mol. The molecule has 4 nitrogen and oxygen atoms in total. The molecule has 1 aromatic carbocycles. The number of aliphatic hydroxyl groups is 1. The molecule has 0 aliphatic heterocycles. The van der Waals surface area contributed by atoms with Gasteiger partial charge in [0, 0.05) is 12.2 Å². The minimum Gasteiger partial charge on any atom is -0.395 e. The first-order chi connectivity index (χ1) is 9.56. The molecule has 112 valence electrons. The van der Waals surface area contributed by atoms with Crippen molar-refractivity contribution in [3.63, 3.8) is 0 Å². The molecule has 20 heavy (non-hydrogen) atoms. The summed E-state index contributed by atoms with van der Waals surface area (Å²) in [6.45, 7) is 7.91. The number of aliphatic hydroxyl groups excluding tert-OH is 1. The molecule has 0 radical (unpaired) electrons. The third-order valence-corrected chi connectivity index (χ3v) is 3.28. The van der Waals surface area contributed by atoms with Crippen molar-refractivity contribution < 1.29 is 9.90 Å². The lowest BCUT2D eigenvalue weighted by Crippen LogP contribution is -2.36. The topological polar surface area (TPSA) is 52.6 Å². The fourth-order valence-electron chi connectivity index (χ4n) is 2.06. The Balaban J connectivity index is 2.58. The first-order valence-electron chi connectivity index (χ1n) is 7.27. The number of amides is 1. The maximum atomic E-state index is 12.1. The van der Waals surface area contributed by atoms with Crippen LogP contribution in [0.25, 0.3) is 0 Å². The van der Waals surface area contributed by atoms with Crippen molar-refractivity contribution in [3.05, 3.63) is 29.3 Å². The predicted octanol–water partition coefficient (Wildman–Crippen LogP) is 2.34. The van der Waals surface area contributed by atoms with Gasteiger partial charge in [-0.05, 0) is 44.0 Å². The molecule has 0 aliphatic carbocycles. The molecule has 0 unspecified atom stereocenters. The van der Waals surface area contributed by atoms with Gasteiger partial charge in [-0.15, -0.1) is 0 Å². The SMILES string of the molecule is CCCCN(CCO)CC(=O)Nc1cc(C)ccc1C. The van der Waals surface area contributed by atoms with Crippen molar-refractivity contribution in [2.45, 2.75) is 33.6 Å². The van der Waals surface area contributed by atoms with Gasteiger partial charge in [0.2, 0.25) is 5.91 Å². The third-order valence-electron chi connectivity index (χ3n) is 3.28. The number of carbonyl (C=O) groups is 1. The van der Waals surface area contributed by atoms with Crippen LogP contribution in [0.1, 0.15) is 30.9 Å². The normalized spacial score (nSPS) is 10.8. The van der Waals surface area contributed by atoms with E-state index in [4.69, 9.17) is 5.11 Å². The van der Waals surface area contributed by atoms with Gasteiger partial charge in [-0.3, -0.25) is 9.69 Å². The summed E-state index contributed by atoms with van der Waals surface area (Å²) < 4.78 is 0. The van der Waals surface area contributed by atoms with Gasteiger partial charge in [-0.1, -0.05) is 25.5 Å². The van der Waals surface area contributed by atoms with Crippen molar-refractivity contribution in [1.82, 2.24) is 4.90 Å². The minimum atomic E-state index is -0.0248. The van der Waals surface area contributed by atoms with E-state index in [-0.39, 0.29) is 12.5 Å². The van der Waals surface area contributed by atoms with Gasteiger partial charge in [-0.2, -0.15) is 0 Å². The van der Waals surface area contributed by atoms with E-state index in [1.807, 2.05) is 36.9 Å². The lowest BCUT2D eigenvalue weighted by Gasteiger charge is -2.20. The summed E-state index contributed by atoms with van der Waals surface area (Å²) in [6, 6.07) is 6.02. The van der Waals surface area contributed by atoms with E-state index in [1.54, 1.807) is 0 Å². The smallest absolute Gasteiger partial charge is 0.238 e. The largest absolute Gasteiger partial charge is 0.395 e. The van der Waals surface area contributed by atoms with Crippen LogP contribution < -0.4 is 5.32 Å². The van der Waals surface area contributed by atoms with Crippen molar-refractivity contribution in [2.75, 3.05) is 31.6 Å². The van der Waals surface area contributed by atoms with E-state index in [9.17, 15) is 4.79 Å². The molecule has 0 heterocycles. The summed E-state index contributed by atoms with van der Waals surface area (Å²) in [4.78, 5) is 14.1. The van der Waals surface area contributed by atoms with Gasteiger partial charge in [0.15, 0.2) is 0 Å². The lowest BCUT2D eigenvalue weighted by atomic mass is 10.1. The maximum absolute atomic E-state index is 12.1. The number of benzene rings is 1. The van der Waals surface area contributed by atoms with Gasteiger partial charge in [-0.25, -0.2) is 0 Å². The van der Waals surface area contributed by atoms with Gasteiger partial charge < -0.3 is 10.4 Å². The average Bonchev–Trinajstić information content (AvgIpc) is 2.40. The number of rotatable bonds is 8. The van der Waals surface area contributed by atoms with Crippen LogP contribution in [-0.4, -0.2) is 42.2 Å². The number of carbonyl (C=O) groups excluding carboxylic acids is 1. The van der Waals surface area contributed by atoms with Gasteiger partial charge >= 0.3 is 0 Å². The third kappa shape index (κ3) is 5.72. The highest BCUT2D eigenvalue weighted by atomic mass is 16.3. The first kappa shape index (κ1) is 16.7. The molecule has 0 spiro atoms. The van der Waals surface area contributed by atoms with Crippen LogP contribution >= 0.6 is 0 Å². The molecular formula is C16H26N2O2. The summed E-state index contributed by atoms with van der Waals surface area (Å²) in [7, 11) is 0. The monoisotopic (exact) mass is 278 g/mol. The fraction of sp³-hybridized carbons (Fsp3) is 0.562. The lowest BCUT2D eigenvalue weighted by molar-refractivity contribution is -0.117. The number of aryl methyl sites for hydroxylation is 2. The second-order valence-electron chi connectivity index (χ2n) is 5.22. The van der Waals surface area contributed by atoms with Crippen LogP contribution in [-0.2, 0) is 4.79 Å². The van der Waals surface area contributed by atoms with E-state index < -0.39 is 0 Å². The Hall–Kier alpha value is -1.39. The van der Waals surface area contributed by atoms with Crippen molar-refractivity contribution in [1.29, 1.82) is 0 Å². The quantitative estimate of drug-likeness (QED) is 0.767. The van der Waals surface area contributed by atoms with Crippen LogP contribution in [0.3, 0.4) is 0 Å². The zero-order valence-corrected chi connectivity index (χ0v) is 12.8. The molecule has 0 atom stereocenters. The summed E-state index contributed by atoms with van der Waals surface area (Å²) in [5.74, 6) is -0.0248. The Labute approximate surface area is 121 Å². The number of unbranched alkanes of at least 4 members (excludes halogenated alkanes) is 1. The molecule has 4 heteroatoms. The molecule has 0 saturated heterocycles. The summed E-state index contributed by atoms with van der Waals surface area (Å²) in [5, 5.41) is 12.0. The Bertz CT molecular complexity index is 432. The van der Waals surface area contributed by atoms with Crippen LogP contribution in [0.15, 0.2) is 18.2 Å². The van der Waals surface area contributed by atoms with Crippen molar-refractivity contribution in [3.8, 4) is 0 Å².